The Labute approximate surface area is 125 Å². The maximum Gasteiger partial charge on any atom is 0.140 e. The summed E-state index contributed by atoms with van der Waals surface area (Å²) in [5.41, 5.74) is 3.43. The molecule has 20 heavy (non-hydrogen) atoms. The number of ether oxygens (including phenoxy) is 1. The van der Waals surface area contributed by atoms with E-state index in [1.165, 1.54) is 11.1 Å². The van der Waals surface area contributed by atoms with Crippen molar-refractivity contribution >= 4 is 11.3 Å². The number of thiazole rings is 1. The summed E-state index contributed by atoms with van der Waals surface area (Å²) in [4.78, 5) is 4.59. The van der Waals surface area contributed by atoms with Gasteiger partial charge in [0.2, 0.25) is 0 Å². The van der Waals surface area contributed by atoms with Gasteiger partial charge in [-0.05, 0) is 25.0 Å². The van der Waals surface area contributed by atoms with E-state index in [-0.39, 0.29) is 0 Å². The summed E-state index contributed by atoms with van der Waals surface area (Å²) in [6.07, 6.45) is 0. The van der Waals surface area contributed by atoms with Gasteiger partial charge < -0.3 is 10.1 Å². The maximum atomic E-state index is 5.92. The van der Waals surface area contributed by atoms with Crippen LogP contribution in [0.5, 0.6) is 5.75 Å². The Bertz CT molecular complexity index is 543. The van der Waals surface area contributed by atoms with Crippen LogP contribution < -0.4 is 10.1 Å². The molecule has 0 aliphatic heterocycles. The van der Waals surface area contributed by atoms with Crippen LogP contribution >= 0.6 is 11.3 Å². The first-order valence-corrected chi connectivity index (χ1v) is 7.80. The number of para-hydroxylation sites is 1. The number of benzene rings is 1. The molecule has 0 spiro atoms. The average molecular weight is 290 g/mol. The summed E-state index contributed by atoms with van der Waals surface area (Å²) in [6, 6.07) is 6.67. The highest BCUT2D eigenvalue weighted by Gasteiger charge is 2.07. The molecule has 0 fully saturated rings. The molecule has 1 aromatic heterocycles. The quantitative estimate of drug-likeness (QED) is 0.877. The largest absolute Gasteiger partial charge is 0.486 e. The molecule has 0 saturated carbocycles. The Balaban J connectivity index is 1.94. The Hall–Kier alpha value is -1.39. The molecular formula is C16H22N2OS. The molecule has 108 valence electrons. The molecule has 1 aromatic carbocycles. The van der Waals surface area contributed by atoms with Crippen LogP contribution in [0.3, 0.4) is 0 Å². The van der Waals surface area contributed by atoms with Gasteiger partial charge in [0.25, 0.3) is 0 Å². The van der Waals surface area contributed by atoms with Gasteiger partial charge in [-0.3, -0.25) is 0 Å². The molecule has 1 N–H and O–H groups in total. The Morgan fingerprint density at radius 2 is 1.95 bits per heavy atom. The third kappa shape index (κ3) is 4.05. The van der Waals surface area contributed by atoms with E-state index >= 15 is 0 Å². The number of hydrogen-bond donors (Lipinski definition) is 1. The van der Waals surface area contributed by atoms with Gasteiger partial charge in [0, 0.05) is 18.0 Å². The highest BCUT2D eigenvalue weighted by Crippen LogP contribution is 2.24. The lowest BCUT2D eigenvalue weighted by molar-refractivity contribution is 0.301. The van der Waals surface area contributed by atoms with E-state index in [2.05, 4.69) is 61.6 Å². The highest BCUT2D eigenvalue weighted by molar-refractivity contribution is 7.09. The molecular weight excluding hydrogens is 268 g/mol. The second-order valence-corrected chi connectivity index (χ2v) is 6.22. The Kier molecular flexibility index (Phi) is 5.15. The van der Waals surface area contributed by atoms with Crippen molar-refractivity contribution in [1.82, 2.24) is 10.3 Å². The molecule has 3 nitrogen and oxygen atoms in total. The molecule has 0 bridgehead atoms. The van der Waals surface area contributed by atoms with Gasteiger partial charge in [0.1, 0.15) is 17.4 Å². The summed E-state index contributed by atoms with van der Waals surface area (Å²) >= 11 is 1.66. The van der Waals surface area contributed by atoms with Crippen LogP contribution in [0.15, 0.2) is 23.6 Å². The summed E-state index contributed by atoms with van der Waals surface area (Å²) < 4.78 is 5.92. The third-order valence-electron chi connectivity index (χ3n) is 3.04. The number of aryl methyl sites for hydroxylation is 2. The fourth-order valence-electron chi connectivity index (χ4n) is 1.97. The van der Waals surface area contributed by atoms with Gasteiger partial charge in [-0.15, -0.1) is 11.3 Å². The molecule has 0 radical (unpaired) electrons. The van der Waals surface area contributed by atoms with Crippen molar-refractivity contribution in [3.05, 3.63) is 45.4 Å². The zero-order valence-corrected chi connectivity index (χ0v) is 13.4. The molecule has 4 heteroatoms. The molecule has 0 atom stereocenters. The summed E-state index contributed by atoms with van der Waals surface area (Å²) in [6.45, 7) is 9.77. The fourth-order valence-corrected chi connectivity index (χ4v) is 2.67. The van der Waals surface area contributed by atoms with E-state index in [1.54, 1.807) is 11.3 Å². The number of nitrogens with zero attached hydrogens (tertiary/aromatic N) is 1. The van der Waals surface area contributed by atoms with Crippen molar-refractivity contribution in [3.8, 4) is 5.75 Å². The molecule has 0 unspecified atom stereocenters. The first-order valence-electron chi connectivity index (χ1n) is 6.92. The monoisotopic (exact) mass is 290 g/mol. The molecule has 0 aliphatic rings. The van der Waals surface area contributed by atoms with Crippen LogP contribution in [0.25, 0.3) is 0 Å². The third-order valence-corrected chi connectivity index (χ3v) is 3.91. The predicted molar refractivity (Wildman–Crippen MR) is 84.3 cm³/mol. The molecule has 0 saturated heterocycles. The van der Waals surface area contributed by atoms with Gasteiger partial charge in [-0.2, -0.15) is 0 Å². The van der Waals surface area contributed by atoms with Gasteiger partial charge in [0.05, 0.1) is 5.69 Å². The van der Waals surface area contributed by atoms with E-state index in [0.717, 1.165) is 23.0 Å². The summed E-state index contributed by atoms with van der Waals surface area (Å²) in [5, 5.41) is 6.49. The highest BCUT2D eigenvalue weighted by atomic mass is 32.1. The number of nitrogens with one attached hydrogen (secondary N) is 1. The minimum absolute atomic E-state index is 0.478. The average Bonchev–Trinajstić information content (AvgIpc) is 2.84. The van der Waals surface area contributed by atoms with Gasteiger partial charge >= 0.3 is 0 Å². The Morgan fingerprint density at radius 1 is 1.25 bits per heavy atom. The summed E-state index contributed by atoms with van der Waals surface area (Å²) in [7, 11) is 0. The zero-order valence-electron chi connectivity index (χ0n) is 12.6. The second kappa shape index (κ2) is 6.86. The maximum absolute atomic E-state index is 5.92. The van der Waals surface area contributed by atoms with Crippen LogP contribution in [-0.4, -0.2) is 11.0 Å². The minimum Gasteiger partial charge on any atom is -0.486 e. The fraction of sp³-hybridized carbons (Fsp3) is 0.438. The first kappa shape index (κ1) is 15.0. The van der Waals surface area contributed by atoms with E-state index < -0.39 is 0 Å². The van der Waals surface area contributed by atoms with Crippen LogP contribution in [0.2, 0.25) is 0 Å². The van der Waals surface area contributed by atoms with E-state index in [4.69, 9.17) is 4.74 Å². The lowest BCUT2D eigenvalue weighted by atomic mass is 10.1. The second-order valence-electron chi connectivity index (χ2n) is 5.28. The van der Waals surface area contributed by atoms with Crippen molar-refractivity contribution in [2.45, 2.75) is 46.9 Å². The molecule has 2 aromatic rings. The summed E-state index contributed by atoms with van der Waals surface area (Å²) in [5.74, 6) is 0.976. The molecule has 1 heterocycles. The van der Waals surface area contributed by atoms with Crippen LogP contribution in [-0.2, 0) is 13.2 Å². The number of hydrogen-bond acceptors (Lipinski definition) is 4. The Morgan fingerprint density at radius 3 is 2.60 bits per heavy atom. The number of rotatable bonds is 6. The van der Waals surface area contributed by atoms with Crippen molar-refractivity contribution in [2.24, 2.45) is 0 Å². The van der Waals surface area contributed by atoms with Crippen LogP contribution in [0.4, 0.5) is 0 Å². The van der Waals surface area contributed by atoms with Crippen LogP contribution in [0.1, 0.15) is 35.7 Å². The van der Waals surface area contributed by atoms with Crippen molar-refractivity contribution in [2.75, 3.05) is 0 Å². The molecule has 0 aliphatic carbocycles. The predicted octanol–water partition coefficient (Wildman–Crippen LogP) is 3.84. The van der Waals surface area contributed by atoms with E-state index in [1.807, 2.05) is 0 Å². The van der Waals surface area contributed by atoms with E-state index in [9.17, 15) is 0 Å². The van der Waals surface area contributed by atoms with Crippen molar-refractivity contribution in [1.29, 1.82) is 0 Å². The lowest BCUT2D eigenvalue weighted by Crippen LogP contribution is -2.21. The molecule has 0 amide bonds. The van der Waals surface area contributed by atoms with Gasteiger partial charge in [0.15, 0.2) is 0 Å². The van der Waals surface area contributed by atoms with Crippen LogP contribution in [0, 0.1) is 13.8 Å². The number of aromatic nitrogens is 1. The SMILES string of the molecule is Cc1cccc(C)c1OCc1nc(CNC(C)C)cs1. The molecule has 2 rings (SSSR count). The zero-order chi connectivity index (χ0) is 14.5. The topological polar surface area (TPSA) is 34.1 Å². The van der Waals surface area contributed by atoms with E-state index in [0.29, 0.717) is 12.6 Å². The van der Waals surface area contributed by atoms with Crippen molar-refractivity contribution < 1.29 is 4.74 Å². The van der Waals surface area contributed by atoms with Gasteiger partial charge in [-0.25, -0.2) is 4.98 Å². The first-order chi connectivity index (χ1) is 9.56. The minimum atomic E-state index is 0.478. The van der Waals surface area contributed by atoms with Crippen molar-refractivity contribution in [3.63, 3.8) is 0 Å². The standard InChI is InChI=1S/C16H22N2OS/c1-11(2)17-8-14-10-20-15(18-14)9-19-16-12(3)6-5-7-13(16)4/h5-7,10-11,17H,8-9H2,1-4H3. The van der Waals surface area contributed by atoms with Gasteiger partial charge in [-0.1, -0.05) is 32.0 Å². The smallest absolute Gasteiger partial charge is 0.140 e. The normalized spacial score (nSPS) is 11.1. The lowest BCUT2D eigenvalue weighted by Gasteiger charge is -2.10.